The number of fused-ring (bicyclic) bond motifs is 3. The van der Waals surface area contributed by atoms with Gasteiger partial charge in [0.25, 0.3) is 5.91 Å². The number of carbonyl (C=O) groups is 1. The first-order chi connectivity index (χ1) is 14.5. The van der Waals surface area contributed by atoms with Gasteiger partial charge in [-0.1, -0.05) is 23.7 Å². The van der Waals surface area contributed by atoms with Crippen molar-refractivity contribution in [1.82, 2.24) is 14.5 Å². The first kappa shape index (κ1) is 19.0. The Kier molecular flexibility index (Phi) is 4.66. The fourth-order valence-corrected chi connectivity index (χ4v) is 4.47. The average molecular weight is 423 g/mol. The molecule has 3 aromatic rings. The molecular formula is C23H20ClFN4O. The van der Waals surface area contributed by atoms with Crippen LogP contribution in [0.5, 0.6) is 0 Å². The van der Waals surface area contributed by atoms with Crippen LogP contribution < -0.4 is 0 Å². The van der Waals surface area contributed by atoms with Crippen LogP contribution in [0.3, 0.4) is 0 Å². The molecular weight excluding hydrogens is 403 g/mol. The quantitative estimate of drug-likeness (QED) is 0.607. The standard InChI is InChI=1S/C23H20ClFN4O/c1-14-27-22(23(30)28-10-4-5-11-28)20-13-26-21(16-6-2-3-7-18(16)25)17-12-15(24)8-9-19(17)29(14)20/h2-3,6-9,12H,4-5,10-11,13H2,1H3. The molecule has 0 atom stereocenters. The molecule has 1 aromatic heterocycles. The summed E-state index contributed by atoms with van der Waals surface area (Å²) in [4.78, 5) is 24.3. The Morgan fingerprint density at radius 1 is 1.10 bits per heavy atom. The lowest BCUT2D eigenvalue weighted by molar-refractivity contribution is 0.0786. The highest BCUT2D eigenvalue weighted by atomic mass is 35.5. The van der Waals surface area contributed by atoms with Crippen LogP contribution >= 0.6 is 11.6 Å². The van der Waals surface area contributed by atoms with E-state index in [0.29, 0.717) is 33.4 Å². The maximum Gasteiger partial charge on any atom is 0.274 e. The average Bonchev–Trinajstić information content (AvgIpc) is 3.34. The van der Waals surface area contributed by atoms with Crippen molar-refractivity contribution < 1.29 is 9.18 Å². The highest BCUT2D eigenvalue weighted by Crippen LogP contribution is 2.31. The van der Waals surface area contributed by atoms with E-state index in [2.05, 4.69) is 4.98 Å². The molecule has 1 saturated heterocycles. The minimum Gasteiger partial charge on any atom is -0.337 e. The van der Waals surface area contributed by atoms with Crippen molar-refractivity contribution in [3.8, 4) is 5.69 Å². The monoisotopic (exact) mass is 422 g/mol. The summed E-state index contributed by atoms with van der Waals surface area (Å²) in [5, 5.41) is 0.535. The minimum atomic E-state index is -0.350. The van der Waals surface area contributed by atoms with E-state index in [1.54, 1.807) is 30.3 Å². The molecule has 0 saturated carbocycles. The fourth-order valence-electron chi connectivity index (χ4n) is 4.30. The fraction of sp³-hybridized carbons (Fsp3) is 0.261. The Labute approximate surface area is 178 Å². The number of imidazole rings is 1. The number of halogens is 2. The summed E-state index contributed by atoms with van der Waals surface area (Å²) in [6, 6.07) is 12.0. The zero-order valence-corrected chi connectivity index (χ0v) is 17.3. The Bertz CT molecular complexity index is 1190. The molecule has 0 unspecified atom stereocenters. The second kappa shape index (κ2) is 7.36. The lowest BCUT2D eigenvalue weighted by atomic mass is 10.00. The molecule has 0 radical (unpaired) electrons. The van der Waals surface area contributed by atoms with Crippen molar-refractivity contribution in [2.45, 2.75) is 26.3 Å². The van der Waals surface area contributed by atoms with Crippen LogP contribution in [0.25, 0.3) is 5.69 Å². The molecule has 5 rings (SSSR count). The van der Waals surface area contributed by atoms with Crippen LogP contribution in [0.1, 0.15) is 46.0 Å². The molecule has 2 aliphatic heterocycles. The van der Waals surface area contributed by atoms with E-state index in [1.165, 1.54) is 6.07 Å². The Morgan fingerprint density at radius 2 is 1.87 bits per heavy atom. The number of rotatable bonds is 2. The Balaban J connectivity index is 1.72. The number of hydrogen-bond donors (Lipinski definition) is 0. The number of likely N-dealkylation sites (tertiary alicyclic amines) is 1. The Hall–Kier alpha value is -2.99. The van der Waals surface area contributed by atoms with E-state index in [1.807, 2.05) is 22.5 Å². The van der Waals surface area contributed by atoms with Crippen LogP contribution in [-0.4, -0.2) is 39.2 Å². The summed E-state index contributed by atoms with van der Waals surface area (Å²) in [7, 11) is 0. The molecule has 0 spiro atoms. The molecule has 3 heterocycles. The molecule has 0 aliphatic carbocycles. The summed E-state index contributed by atoms with van der Waals surface area (Å²) in [5.41, 5.74) is 3.58. The summed E-state index contributed by atoms with van der Waals surface area (Å²) >= 11 is 6.30. The first-order valence-electron chi connectivity index (χ1n) is 10.0. The van der Waals surface area contributed by atoms with Crippen molar-refractivity contribution in [3.05, 3.63) is 81.6 Å². The molecule has 2 aromatic carbocycles. The van der Waals surface area contributed by atoms with Gasteiger partial charge in [0.1, 0.15) is 11.6 Å². The van der Waals surface area contributed by atoms with Gasteiger partial charge in [0, 0.05) is 29.2 Å². The van der Waals surface area contributed by atoms with E-state index in [-0.39, 0.29) is 18.3 Å². The SMILES string of the molecule is Cc1nc(C(=O)N2CCCC2)c2n1-c1ccc(Cl)cc1C(c1ccccc1F)=NC2. The van der Waals surface area contributed by atoms with Crippen molar-refractivity contribution >= 4 is 23.2 Å². The molecule has 0 N–H and O–H groups in total. The summed E-state index contributed by atoms with van der Waals surface area (Å²) in [5.74, 6) is 0.280. The third kappa shape index (κ3) is 3.03. The minimum absolute atomic E-state index is 0.0654. The van der Waals surface area contributed by atoms with E-state index >= 15 is 0 Å². The van der Waals surface area contributed by atoms with Crippen LogP contribution in [-0.2, 0) is 6.54 Å². The van der Waals surface area contributed by atoms with Crippen molar-refractivity contribution in [1.29, 1.82) is 0 Å². The van der Waals surface area contributed by atoms with Gasteiger partial charge in [-0.25, -0.2) is 9.37 Å². The van der Waals surface area contributed by atoms with Crippen LogP contribution in [0.2, 0.25) is 5.02 Å². The second-order valence-electron chi connectivity index (χ2n) is 7.60. The zero-order chi connectivity index (χ0) is 20.8. The molecule has 5 nitrogen and oxygen atoms in total. The molecule has 0 bridgehead atoms. The van der Waals surface area contributed by atoms with E-state index in [9.17, 15) is 9.18 Å². The van der Waals surface area contributed by atoms with Gasteiger partial charge in [0.05, 0.1) is 23.6 Å². The number of aliphatic imine (C=N–C) groups is 1. The normalized spacial score (nSPS) is 15.4. The van der Waals surface area contributed by atoms with Gasteiger partial charge >= 0.3 is 0 Å². The maximum absolute atomic E-state index is 14.7. The van der Waals surface area contributed by atoms with Crippen molar-refractivity contribution in [3.63, 3.8) is 0 Å². The topological polar surface area (TPSA) is 50.5 Å². The van der Waals surface area contributed by atoms with Gasteiger partial charge in [-0.3, -0.25) is 14.4 Å². The predicted octanol–water partition coefficient (Wildman–Crippen LogP) is 4.56. The number of benzene rings is 2. The molecule has 30 heavy (non-hydrogen) atoms. The Morgan fingerprint density at radius 3 is 2.63 bits per heavy atom. The number of carbonyl (C=O) groups excluding carboxylic acids is 1. The number of aromatic nitrogens is 2. The van der Waals surface area contributed by atoms with Crippen LogP contribution in [0, 0.1) is 12.7 Å². The number of amides is 1. The summed E-state index contributed by atoms with van der Waals surface area (Å²) in [6.07, 6.45) is 2.02. The molecule has 152 valence electrons. The number of nitrogens with zero attached hydrogens (tertiary/aromatic N) is 4. The largest absolute Gasteiger partial charge is 0.337 e. The lowest BCUT2D eigenvalue weighted by Gasteiger charge is -2.15. The maximum atomic E-state index is 14.7. The second-order valence-corrected chi connectivity index (χ2v) is 8.03. The number of aryl methyl sites for hydroxylation is 1. The zero-order valence-electron chi connectivity index (χ0n) is 16.5. The molecule has 7 heteroatoms. The van der Waals surface area contributed by atoms with Gasteiger partial charge in [0.15, 0.2) is 5.69 Å². The van der Waals surface area contributed by atoms with Gasteiger partial charge in [-0.15, -0.1) is 0 Å². The van der Waals surface area contributed by atoms with Crippen LogP contribution in [0.4, 0.5) is 4.39 Å². The summed E-state index contributed by atoms with van der Waals surface area (Å²) in [6.45, 7) is 3.60. The van der Waals surface area contributed by atoms with Gasteiger partial charge in [-0.2, -0.15) is 0 Å². The van der Waals surface area contributed by atoms with Crippen LogP contribution in [0.15, 0.2) is 47.5 Å². The van der Waals surface area contributed by atoms with Gasteiger partial charge in [0.2, 0.25) is 0 Å². The predicted molar refractivity (Wildman–Crippen MR) is 114 cm³/mol. The van der Waals surface area contributed by atoms with Gasteiger partial charge < -0.3 is 4.90 Å². The highest BCUT2D eigenvalue weighted by molar-refractivity contribution is 6.31. The molecule has 1 fully saturated rings. The summed E-state index contributed by atoms with van der Waals surface area (Å²) < 4.78 is 16.6. The molecule has 2 aliphatic rings. The van der Waals surface area contributed by atoms with Crippen molar-refractivity contribution in [2.24, 2.45) is 4.99 Å². The van der Waals surface area contributed by atoms with E-state index in [0.717, 1.165) is 37.3 Å². The highest BCUT2D eigenvalue weighted by Gasteiger charge is 2.30. The smallest absolute Gasteiger partial charge is 0.274 e. The first-order valence-corrected chi connectivity index (χ1v) is 10.4. The van der Waals surface area contributed by atoms with Crippen molar-refractivity contribution in [2.75, 3.05) is 13.1 Å². The van der Waals surface area contributed by atoms with Gasteiger partial charge in [-0.05, 0) is 50.1 Å². The third-order valence-electron chi connectivity index (χ3n) is 5.71. The van der Waals surface area contributed by atoms with E-state index < -0.39 is 0 Å². The third-order valence-corrected chi connectivity index (χ3v) is 5.94. The lowest BCUT2D eigenvalue weighted by Crippen LogP contribution is -2.28. The van der Waals surface area contributed by atoms with E-state index in [4.69, 9.17) is 16.6 Å². The number of hydrogen-bond acceptors (Lipinski definition) is 3. The molecule has 1 amide bonds.